The van der Waals surface area contributed by atoms with Crippen molar-refractivity contribution in [3.05, 3.63) is 101 Å². The lowest BCUT2D eigenvalue weighted by Crippen LogP contribution is -2.60. The Morgan fingerprint density at radius 2 is 1.61 bits per heavy atom. The number of hydrogen-bond donors (Lipinski definition) is 0. The van der Waals surface area contributed by atoms with E-state index in [4.69, 9.17) is 9.72 Å². The zero-order valence-corrected chi connectivity index (χ0v) is 38.2. The first-order valence-corrected chi connectivity index (χ1v) is 23.2. The van der Waals surface area contributed by atoms with Gasteiger partial charge in [-0.3, -0.25) is 34.1 Å². The molecule has 3 aromatic rings. The molecule has 0 radical (unpaired) electrons. The van der Waals surface area contributed by atoms with E-state index in [-0.39, 0.29) is 53.0 Å². The molecular weight excluding hydrogens is 784 g/mol. The number of amides is 4. The molecule has 4 atom stereocenters. The average molecular weight is 851 g/mol. The van der Waals surface area contributed by atoms with Crippen LogP contribution >= 0.6 is 9.24 Å². The quantitative estimate of drug-likeness (QED) is 0.0910. The van der Waals surface area contributed by atoms with E-state index in [0.717, 1.165) is 82.1 Å². The Morgan fingerprint density at radius 3 is 2.30 bits per heavy atom. The number of imide groups is 1. The van der Waals surface area contributed by atoms with Crippen LogP contribution in [0.4, 0.5) is 4.79 Å². The highest BCUT2D eigenvalue weighted by Crippen LogP contribution is 2.40. The Kier molecular flexibility index (Phi) is 14.3. The summed E-state index contributed by atoms with van der Waals surface area (Å²) in [5, 5.41) is 0.209. The predicted molar refractivity (Wildman–Crippen MR) is 242 cm³/mol. The summed E-state index contributed by atoms with van der Waals surface area (Å²) in [4.78, 5) is 69.6. The van der Waals surface area contributed by atoms with Gasteiger partial charge in [0.1, 0.15) is 5.60 Å². The monoisotopic (exact) mass is 850 g/mol. The normalized spacial score (nSPS) is 23.8. The Labute approximate surface area is 365 Å². The number of rotatable bonds is 14. The fraction of sp³-hybridized carbons (Fsp3) is 0.571. The molecule has 1 saturated heterocycles. The summed E-state index contributed by atoms with van der Waals surface area (Å²) in [5.41, 5.74) is 3.83. The summed E-state index contributed by atoms with van der Waals surface area (Å²) in [6.45, 7) is 12.4. The molecule has 11 nitrogen and oxygen atoms in total. The first kappa shape index (κ1) is 44.9. The van der Waals surface area contributed by atoms with E-state index in [9.17, 15) is 19.2 Å². The number of nitrogens with zero attached hydrogens (tertiary/aromatic N) is 6. The minimum absolute atomic E-state index is 0.0459. The van der Waals surface area contributed by atoms with E-state index in [0.29, 0.717) is 50.3 Å². The number of ether oxygens (including phenoxy) is 1. The largest absolute Gasteiger partial charge is 0.444 e. The van der Waals surface area contributed by atoms with Gasteiger partial charge in [-0.05, 0) is 126 Å². The number of unbranched alkanes of at least 4 members (excludes halogenated alkanes) is 1. The molecule has 0 bridgehead atoms. The second-order valence-electron chi connectivity index (χ2n) is 19.2. The number of fused-ring (bicyclic) bond motifs is 2. The number of carbonyl (C=O) groups excluding carboxylic acids is 4. The van der Waals surface area contributed by atoms with Gasteiger partial charge in [0, 0.05) is 58.4 Å². The smallest absolute Gasteiger partial charge is 0.410 e. The highest BCUT2D eigenvalue weighted by atomic mass is 31.0. The summed E-state index contributed by atoms with van der Waals surface area (Å²) in [7, 11) is 4.99. The van der Waals surface area contributed by atoms with Gasteiger partial charge in [-0.25, -0.2) is 4.79 Å². The number of hydrogen-bond acceptors (Lipinski definition) is 8. The van der Waals surface area contributed by atoms with Gasteiger partial charge in [-0.1, -0.05) is 55.5 Å². The van der Waals surface area contributed by atoms with Gasteiger partial charge in [-0.15, -0.1) is 9.24 Å². The molecule has 1 aromatic heterocycles. The van der Waals surface area contributed by atoms with E-state index >= 15 is 0 Å². The summed E-state index contributed by atoms with van der Waals surface area (Å²) in [6, 6.07) is 21.5. The van der Waals surface area contributed by atoms with Crippen LogP contribution in [-0.2, 0) is 16.0 Å². The van der Waals surface area contributed by atoms with Crippen LogP contribution in [0.25, 0.3) is 0 Å². The Bertz CT molecular complexity index is 1980. The van der Waals surface area contributed by atoms with Crippen molar-refractivity contribution >= 4 is 33.1 Å². The van der Waals surface area contributed by atoms with Gasteiger partial charge in [0.2, 0.25) is 5.91 Å². The average Bonchev–Trinajstić information content (AvgIpc) is 3.48. The summed E-state index contributed by atoms with van der Waals surface area (Å²) < 4.78 is 6.04. The molecular formula is C49H67N6O5P. The number of pyridine rings is 1. The molecule has 2 aliphatic heterocycles. The van der Waals surface area contributed by atoms with Crippen molar-refractivity contribution < 1.29 is 23.9 Å². The van der Waals surface area contributed by atoms with E-state index in [1.165, 1.54) is 10.5 Å². The van der Waals surface area contributed by atoms with E-state index in [2.05, 4.69) is 56.3 Å². The summed E-state index contributed by atoms with van der Waals surface area (Å²) >= 11 is 0. The summed E-state index contributed by atoms with van der Waals surface area (Å²) in [6.07, 6.45) is 10.7. The van der Waals surface area contributed by atoms with Crippen molar-refractivity contribution in [2.75, 3.05) is 52.9 Å². The van der Waals surface area contributed by atoms with Crippen LogP contribution in [0.1, 0.15) is 135 Å². The maximum Gasteiger partial charge on any atom is 0.410 e. The van der Waals surface area contributed by atoms with E-state index in [1.807, 2.05) is 55.9 Å². The highest BCUT2D eigenvalue weighted by Gasteiger charge is 2.39. The predicted octanol–water partition coefficient (Wildman–Crippen LogP) is 8.17. The van der Waals surface area contributed by atoms with Crippen molar-refractivity contribution in [2.45, 2.75) is 121 Å². The molecule has 7 rings (SSSR count). The van der Waals surface area contributed by atoms with Crippen LogP contribution in [0.2, 0.25) is 0 Å². The molecule has 3 heterocycles. The number of benzene rings is 2. The van der Waals surface area contributed by atoms with Crippen LogP contribution < -0.4 is 0 Å². The lowest BCUT2D eigenvalue weighted by Gasteiger charge is -2.45. The third-order valence-electron chi connectivity index (χ3n) is 13.4. The Hall–Kier alpha value is -4.18. The zero-order chi connectivity index (χ0) is 43.3. The van der Waals surface area contributed by atoms with Crippen molar-refractivity contribution in [3.63, 3.8) is 0 Å². The standard InChI is InChI=1S/C49H67N6O5P/c1-48(2,3)60-47(59)54-32-31-52(30-24-41(35-15-7-6-8-16-35)51(5)44(56)37-22-25-49(4,61)26-23-37)33-38(54)34-53(42-21-13-17-36-18-14-27-50-43(36)42)28-11-12-29-55-45(57)39-19-9-10-20-40(39)46(55)58/h6-10,14-16,18-20,27,37-38,41-42H,11-13,17,21-26,28-34,61H2,1-5H3/t37?,38-,41+,42+,49?/m1/s1. The maximum absolute atomic E-state index is 14.1. The third-order valence-corrected chi connectivity index (χ3v) is 14.0. The molecule has 1 unspecified atom stereocenters. The van der Waals surface area contributed by atoms with Crippen LogP contribution in [0.15, 0.2) is 72.9 Å². The Morgan fingerprint density at radius 1 is 0.918 bits per heavy atom. The van der Waals surface area contributed by atoms with Crippen molar-refractivity contribution in [2.24, 2.45) is 5.92 Å². The molecule has 4 aliphatic rings. The molecule has 0 spiro atoms. The molecule has 328 valence electrons. The van der Waals surface area contributed by atoms with Crippen LogP contribution in [0.5, 0.6) is 0 Å². The van der Waals surface area contributed by atoms with Crippen LogP contribution in [-0.4, -0.2) is 123 Å². The first-order valence-electron chi connectivity index (χ1n) is 22.6. The molecule has 2 fully saturated rings. The molecule has 4 amide bonds. The van der Waals surface area contributed by atoms with Crippen molar-refractivity contribution in [3.8, 4) is 0 Å². The van der Waals surface area contributed by atoms with Gasteiger partial charge in [0.15, 0.2) is 0 Å². The van der Waals surface area contributed by atoms with Gasteiger partial charge in [0.25, 0.3) is 11.8 Å². The topological polar surface area (TPSA) is 107 Å². The van der Waals surface area contributed by atoms with E-state index < -0.39 is 5.60 Å². The number of aryl methyl sites for hydroxylation is 1. The zero-order valence-electron chi connectivity index (χ0n) is 37.1. The second kappa shape index (κ2) is 19.5. The number of carbonyl (C=O) groups is 4. The minimum atomic E-state index is -0.637. The molecule has 61 heavy (non-hydrogen) atoms. The third kappa shape index (κ3) is 10.9. The van der Waals surface area contributed by atoms with Crippen LogP contribution in [0, 0.1) is 5.92 Å². The first-order chi connectivity index (χ1) is 29.2. The highest BCUT2D eigenvalue weighted by molar-refractivity contribution is 7.18. The molecule has 0 N–H and O–H groups in total. The second-order valence-corrected chi connectivity index (χ2v) is 20.6. The lowest BCUT2D eigenvalue weighted by atomic mass is 9.81. The molecule has 1 saturated carbocycles. The minimum Gasteiger partial charge on any atom is -0.444 e. The fourth-order valence-electron chi connectivity index (χ4n) is 9.98. The van der Waals surface area contributed by atoms with Gasteiger partial charge in [0.05, 0.1) is 34.9 Å². The fourth-order valence-corrected chi connectivity index (χ4v) is 10.3. The molecule has 2 aromatic carbocycles. The lowest BCUT2D eigenvalue weighted by molar-refractivity contribution is -0.138. The SMILES string of the molecule is CN(C(=O)C1CCC(C)(P)CC1)[C@@H](CCN1CCN(C(=O)OC(C)(C)C)[C@@H](CN(CCCCN2C(=O)c3ccccc3C2=O)[C@H]2CCCc3cccnc32)C1)c1ccccc1. The summed E-state index contributed by atoms with van der Waals surface area (Å²) in [5.74, 6) is -0.160. The molecule has 12 heteroatoms. The van der Waals surface area contributed by atoms with Gasteiger partial charge >= 0.3 is 6.09 Å². The van der Waals surface area contributed by atoms with Gasteiger partial charge in [-0.2, -0.15) is 0 Å². The van der Waals surface area contributed by atoms with Crippen LogP contribution in [0.3, 0.4) is 0 Å². The van der Waals surface area contributed by atoms with E-state index in [1.54, 1.807) is 24.3 Å². The maximum atomic E-state index is 14.1. The molecule has 2 aliphatic carbocycles. The number of piperazine rings is 1. The van der Waals surface area contributed by atoms with Crippen molar-refractivity contribution in [1.82, 2.24) is 29.5 Å². The van der Waals surface area contributed by atoms with Gasteiger partial charge < -0.3 is 14.5 Å². The Balaban J connectivity index is 1.08. The number of aromatic nitrogens is 1. The van der Waals surface area contributed by atoms with Crippen molar-refractivity contribution in [1.29, 1.82) is 0 Å².